The Hall–Kier alpha value is -0.130. The van der Waals surface area contributed by atoms with E-state index in [2.05, 4.69) is 11.8 Å². The first kappa shape index (κ1) is 10.4. The van der Waals surface area contributed by atoms with Crippen molar-refractivity contribution in [2.24, 2.45) is 11.7 Å². The summed E-state index contributed by atoms with van der Waals surface area (Å²) in [5.74, 6) is 1.20. The van der Waals surface area contributed by atoms with E-state index in [1.165, 1.54) is 6.42 Å². The molecule has 2 fully saturated rings. The molecule has 0 aromatic heterocycles. The second-order valence-corrected chi connectivity index (χ2v) is 6.69. The molecule has 0 aromatic carbocycles. The normalized spacial score (nSPS) is 38.4. The van der Waals surface area contributed by atoms with Gasteiger partial charge in [0.25, 0.3) is 0 Å². The Morgan fingerprint density at radius 1 is 1.36 bits per heavy atom. The van der Waals surface area contributed by atoms with Crippen molar-refractivity contribution in [2.75, 3.05) is 24.6 Å². The van der Waals surface area contributed by atoms with Gasteiger partial charge in [-0.1, -0.05) is 13.3 Å². The highest BCUT2D eigenvalue weighted by Gasteiger charge is 2.42. The van der Waals surface area contributed by atoms with Crippen LogP contribution in [0, 0.1) is 5.92 Å². The van der Waals surface area contributed by atoms with E-state index in [1.54, 1.807) is 0 Å². The Labute approximate surface area is 85.4 Å². The number of nitrogens with zero attached hydrogens (tertiary/aromatic N) is 1. The van der Waals surface area contributed by atoms with Crippen molar-refractivity contribution in [1.82, 2.24) is 4.90 Å². The first-order valence-corrected chi connectivity index (χ1v) is 7.04. The monoisotopic (exact) mass is 218 g/mol. The van der Waals surface area contributed by atoms with Crippen molar-refractivity contribution < 1.29 is 8.42 Å². The van der Waals surface area contributed by atoms with Crippen LogP contribution in [0.25, 0.3) is 0 Å². The highest BCUT2D eigenvalue weighted by Crippen LogP contribution is 2.26. The van der Waals surface area contributed by atoms with Gasteiger partial charge in [-0.15, -0.1) is 0 Å². The van der Waals surface area contributed by atoms with E-state index in [9.17, 15) is 8.42 Å². The van der Waals surface area contributed by atoms with Gasteiger partial charge in [-0.3, -0.25) is 4.90 Å². The number of hydrogen-bond donors (Lipinski definition) is 1. The van der Waals surface area contributed by atoms with Gasteiger partial charge >= 0.3 is 0 Å². The molecule has 2 N–H and O–H groups in total. The van der Waals surface area contributed by atoms with Gasteiger partial charge in [0.2, 0.25) is 0 Å². The molecule has 0 aliphatic carbocycles. The van der Waals surface area contributed by atoms with Gasteiger partial charge in [0, 0.05) is 25.2 Å². The Morgan fingerprint density at radius 3 is 2.43 bits per heavy atom. The fourth-order valence-corrected chi connectivity index (χ4v) is 4.29. The minimum atomic E-state index is -2.86. The van der Waals surface area contributed by atoms with Crippen LogP contribution < -0.4 is 5.73 Å². The van der Waals surface area contributed by atoms with Gasteiger partial charge in [-0.25, -0.2) is 8.42 Å². The van der Waals surface area contributed by atoms with Gasteiger partial charge in [0.05, 0.1) is 11.5 Å². The van der Waals surface area contributed by atoms with Crippen LogP contribution in [0.1, 0.15) is 13.3 Å². The Bertz CT molecular complexity index is 309. The minimum absolute atomic E-state index is 0.0859. The Morgan fingerprint density at radius 2 is 2.00 bits per heavy atom. The lowest BCUT2D eigenvalue weighted by Crippen LogP contribution is -2.57. The zero-order valence-corrected chi connectivity index (χ0v) is 9.33. The number of likely N-dealkylation sites (tertiary alicyclic amines) is 1. The van der Waals surface area contributed by atoms with Crippen LogP contribution in [0.15, 0.2) is 0 Å². The summed E-state index contributed by atoms with van der Waals surface area (Å²) in [4.78, 5) is 2.23. The van der Waals surface area contributed by atoms with Gasteiger partial charge < -0.3 is 5.73 Å². The predicted octanol–water partition coefficient (Wildman–Crippen LogP) is -0.547. The number of rotatable bonds is 2. The highest BCUT2D eigenvalue weighted by atomic mass is 32.2. The first-order chi connectivity index (χ1) is 6.52. The maximum absolute atomic E-state index is 11.3. The summed E-state index contributed by atoms with van der Waals surface area (Å²) in [6.45, 7) is 4.24. The largest absolute Gasteiger partial charge is 0.325 e. The van der Waals surface area contributed by atoms with Crippen LogP contribution in [-0.4, -0.2) is 50.0 Å². The average molecular weight is 218 g/mol. The SMILES string of the molecule is CCC1CN(C2CS(=O)(=O)CC2N)C1. The van der Waals surface area contributed by atoms with Crippen LogP contribution >= 0.6 is 0 Å². The molecule has 14 heavy (non-hydrogen) atoms. The molecule has 0 bridgehead atoms. The zero-order chi connectivity index (χ0) is 10.3. The third-order valence-electron chi connectivity index (χ3n) is 3.40. The third kappa shape index (κ3) is 1.81. The summed E-state index contributed by atoms with van der Waals surface area (Å²) in [6.07, 6.45) is 1.19. The Balaban J connectivity index is 1.95. The lowest BCUT2D eigenvalue weighted by atomic mass is 9.94. The second-order valence-electron chi connectivity index (χ2n) is 4.54. The van der Waals surface area contributed by atoms with E-state index in [0.717, 1.165) is 19.0 Å². The molecule has 0 aromatic rings. The maximum atomic E-state index is 11.3. The molecule has 2 atom stereocenters. The van der Waals surface area contributed by atoms with E-state index in [4.69, 9.17) is 5.73 Å². The van der Waals surface area contributed by atoms with Crippen molar-refractivity contribution in [1.29, 1.82) is 0 Å². The molecule has 2 aliphatic heterocycles. The van der Waals surface area contributed by atoms with Gasteiger partial charge in [-0.05, 0) is 5.92 Å². The predicted molar refractivity (Wildman–Crippen MR) is 55.8 cm³/mol. The topological polar surface area (TPSA) is 63.4 Å². The van der Waals surface area contributed by atoms with E-state index >= 15 is 0 Å². The molecule has 82 valence electrons. The smallest absolute Gasteiger partial charge is 0.153 e. The first-order valence-electron chi connectivity index (χ1n) is 5.22. The van der Waals surface area contributed by atoms with Crippen LogP contribution in [0.3, 0.4) is 0 Å². The molecule has 4 nitrogen and oxygen atoms in total. The molecule has 0 amide bonds. The fraction of sp³-hybridized carbons (Fsp3) is 1.00. The molecule has 0 saturated carbocycles. The summed E-state index contributed by atoms with van der Waals surface area (Å²) in [5.41, 5.74) is 5.83. The molecule has 2 saturated heterocycles. The molecule has 5 heteroatoms. The van der Waals surface area contributed by atoms with E-state index < -0.39 is 9.84 Å². The summed E-state index contributed by atoms with van der Waals surface area (Å²) in [7, 11) is -2.86. The lowest BCUT2D eigenvalue weighted by Gasteiger charge is -2.43. The molecular formula is C9H18N2O2S. The summed E-state index contributed by atoms with van der Waals surface area (Å²) >= 11 is 0. The molecule has 2 rings (SSSR count). The van der Waals surface area contributed by atoms with Crippen molar-refractivity contribution in [3.05, 3.63) is 0 Å². The van der Waals surface area contributed by atoms with Crippen molar-refractivity contribution in [2.45, 2.75) is 25.4 Å². The minimum Gasteiger partial charge on any atom is -0.325 e. The summed E-state index contributed by atoms with van der Waals surface area (Å²) < 4.78 is 22.7. The zero-order valence-electron chi connectivity index (χ0n) is 8.52. The molecule has 0 radical (unpaired) electrons. The van der Waals surface area contributed by atoms with E-state index in [0.29, 0.717) is 0 Å². The lowest BCUT2D eigenvalue weighted by molar-refractivity contribution is 0.0545. The molecular weight excluding hydrogens is 200 g/mol. The standard InChI is InChI=1S/C9H18N2O2S/c1-2-7-3-11(4-7)9-6-14(12,13)5-8(9)10/h7-9H,2-6,10H2,1H3. The second kappa shape index (κ2) is 3.47. The maximum Gasteiger partial charge on any atom is 0.153 e. The third-order valence-corrected chi connectivity index (χ3v) is 5.14. The molecule has 0 spiro atoms. The van der Waals surface area contributed by atoms with Crippen LogP contribution in [0.2, 0.25) is 0 Å². The quantitative estimate of drug-likeness (QED) is 0.675. The fourth-order valence-electron chi connectivity index (χ4n) is 2.37. The van der Waals surface area contributed by atoms with Crippen molar-refractivity contribution >= 4 is 9.84 Å². The molecule has 2 unspecified atom stereocenters. The summed E-state index contributed by atoms with van der Waals surface area (Å²) in [6, 6.07) is -0.0828. The van der Waals surface area contributed by atoms with Crippen LogP contribution in [-0.2, 0) is 9.84 Å². The summed E-state index contributed by atoms with van der Waals surface area (Å²) in [5, 5.41) is 0. The average Bonchev–Trinajstić information content (AvgIpc) is 2.23. The van der Waals surface area contributed by atoms with Gasteiger partial charge in [0.1, 0.15) is 0 Å². The highest BCUT2D eigenvalue weighted by molar-refractivity contribution is 7.91. The van der Waals surface area contributed by atoms with Crippen LogP contribution in [0.4, 0.5) is 0 Å². The van der Waals surface area contributed by atoms with Crippen molar-refractivity contribution in [3.63, 3.8) is 0 Å². The molecule has 2 heterocycles. The number of nitrogens with two attached hydrogens (primary N) is 1. The van der Waals surface area contributed by atoms with E-state index in [1.807, 2.05) is 0 Å². The van der Waals surface area contributed by atoms with E-state index in [-0.39, 0.29) is 23.6 Å². The number of sulfone groups is 1. The van der Waals surface area contributed by atoms with Gasteiger partial charge in [0.15, 0.2) is 9.84 Å². The molecule has 2 aliphatic rings. The van der Waals surface area contributed by atoms with Crippen LogP contribution in [0.5, 0.6) is 0 Å². The van der Waals surface area contributed by atoms with Gasteiger partial charge in [-0.2, -0.15) is 0 Å². The Kier molecular flexibility index (Phi) is 2.57. The van der Waals surface area contributed by atoms with Crippen molar-refractivity contribution in [3.8, 4) is 0 Å². The number of hydrogen-bond acceptors (Lipinski definition) is 4.